The molecule has 6 nitrogen and oxygen atoms in total. The SMILES string of the molecule is C[C@H](Cc1cn(CCc2nnc(N)s2)nn1)c1ccccc1. The Hall–Kier alpha value is -2.28. The van der Waals surface area contributed by atoms with Crippen molar-refractivity contribution < 1.29 is 0 Å². The van der Waals surface area contributed by atoms with Crippen LogP contribution in [0, 0.1) is 0 Å². The number of hydrogen-bond acceptors (Lipinski definition) is 6. The zero-order valence-electron chi connectivity index (χ0n) is 12.4. The summed E-state index contributed by atoms with van der Waals surface area (Å²) in [4.78, 5) is 0. The van der Waals surface area contributed by atoms with Crippen molar-refractivity contribution >= 4 is 16.5 Å². The molecule has 2 N–H and O–H groups in total. The first-order valence-electron chi connectivity index (χ1n) is 7.22. The number of nitrogen functional groups attached to an aromatic ring is 1. The van der Waals surface area contributed by atoms with E-state index in [1.54, 1.807) is 0 Å². The van der Waals surface area contributed by atoms with Gasteiger partial charge in [0.1, 0.15) is 5.01 Å². The van der Waals surface area contributed by atoms with Gasteiger partial charge in [0, 0.05) is 19.2 Å². The van der Waals surface area contributed by atoms with Gasteiger partial charge in [-0.2, -0.15) is 0 Å². The quantitative estimate of drug-likeness (QED) is 0.755. The predicted octanol–water partition coefficient (Wildman–Crippen LogP) is 2.30. The minimum absolute atomic E-state index is 0.425. The standard InChI is InChI=1S/C15H18N6S/c1-11(12-5-3-2-4-6-12)9-13-10-21(20-17-13)8-7-14-18-19-15(16)22-14/h2-6,10-11H,7-9H2,1H3,(H2,16,19)/t11-/m1/s1. The highest BCUT2D eigenvalue weighted by molar-refractivity contribution is 7.15. The Bertz CT molecular complexity index is 720. The molecule has 0 fully saturated rings. The van der Waals surface area contributed by atoms with Gasteiger partial charge >= 0.3 is 0 Å². The predicted molar refractivity (Wildman–Crippen MR) is 86.6 cm³/mol. The average Bonchev–Trinajstić information content (AvgIpc) is 3.15. The van der Waals surface area contributed by atoms with Crippen molar-refractivity contribution in [2.24, 2.45) is 0 Å². The number of nitrogens with zero attached hydrogens (tertiary/aromatic N) is 5. The van der Waals surface area contributed by atoms with Crippen LogP contribution in [0.25, 0.3) is 0 Å². The molecule has 2 heterocycles. The molecule has 3 rings (SSSR count). The van der Waals surface area contributed by atoms with Crippen LogP contribution < -0.4 is 5.73 Å². The molecule has 2 aromatic heterocycles. The molecule has 0 saturated heterocycles. The Labute approximate surface area is 133 Å². The molecule has 0 saturated carbocycles. The van der Waals surface area contributed by atoms with Crippen LogP contribution in [0.1, 0.15) is 29.1 Å². The summed E-state index contributed by atoms with van der Waals surface area (Å²) in [6.45, 7) is 2.94. The maximum atomic E-state index is 5.57. The first-order chi connectivity index (χ1) is 10.7. The molecule has 0 bridgehead atoms. The van der Waals surface area contributed by atoms with Gasteiger partial charge in [-0.05, 0) is 17.9 Å². The van der Waals surface area contributed by atoms with Crippen molar-refractivity contribution in [2.45, 2.75) is 32.2 Å². The minimum Gasteiger partial charge on any atom is -0.374 e. The molecule has 0 aliphatic heterocycles. The Morgan fingerprint density at radius 2 is 2.00 bits per heavy atom. The summed E-state index contributed by atoms with van der Waals surface area (Å²) in [5, 5.41) is 17.7. The zero-order chi connectivity index (χ0) is 15.4. The topological polar surface area (TPSA) is 82.5 Å². The second-order valence-electron chi connectivity index (χ2n) is 5.27. The van der Waals surface area contributed by atoms with E-state index in [9.17, 15) is 0 Å². The summed E-state index contributed by atoms with van der Waals surface area (Å²) in [6, 6.07) is 10.5. The van der Waals surface area contributed by atoms with Crippen LogP contribution in [-0.2, 0) is 19.4 Å². The third-order valence-electron chi connectivity index (χ3n) is 3.51. The van der Waals surface area contributed by atoms with E-state index in [-0.39, 0.29) is 0 Å². The molecule has 1 aromatic carbocycles. The molecular weight excluding hydrogens is 296 g/mol. The summed E-state index contributed by atoms with van der Waals surface area (Å²) >= 11 is 1.42. The van der Waals surface area contributed by atoms with E-state index in [0.29, 0.717) is 11.0 Å². The summed E-state index contributed by atoms with van der Waals surface area (Å²) < 4.78 is 1.85. The highest BCUT2D eigenvalue weighted by Crippen LogP contribution is 2.19. The fourth-order valence-electron chi connectivity index (χ4n) is 2.33. The fourth-order valence-corrected chi connectivity index (χ4v) is 2.93. The van der Waals surface area contributed by atoms with Gasteiger partial charge in [0.2, 0.25) is 5.13 Å². The van der Waals surface area contributed by atoms with Crippen LogP contribution in [0.15, 0.2) is 36.5 Å². The summed E-state index contributed by atoms with van der Waals surface area (Å²) in [5.41, 5.74) is 7.90. The number of hydrogen-bond donors (Lipinski definition) is 1. The van der Waals surface area contributed by atoms with Crippen molar-refractivity contribution in [1.29, 1.82) is 0 Å². The Kier molecular flexibility index (Phi) is 4.43. The molecular formula is C15H18N6S. The van der Waals surface area contributed by atoms with Gasteiger partial charge in [-0.3, -0.25) is 4.68 Å². The van der Waals surface area contributed by atoms with E-state index in [0.717, 1.165) is 30.1 Å². The normalized spacial score (nSPS) is 12.4. The largest absolute Gasteiger partial charge is 0.374 e. The van der Waals surface area contributed by atoms with Crippen LogP contribution in [0.2, 0.25) is 0 Å². The molecule has 0 aliphatic carbocycles. The van der Waals surface area contributed by atoms with E-state index in [4.69, 9.17) is 5.73 Å². The third-order valence-corrected chi connectivity index (χ3v) is 4.32. The molecule has 0 radical (unpaired) electrons. The number of nitrogens with two attached hydrogens (primary N) is 1. The summed E-state index contributed by atoms with van der Waals surface area (Å²) in [6.07, 6.45) is 3.66. The fraction of sp³-hybridized carbons (Fsp3) is 0.333. The lowest BCUT2D eigenvalue weighted by molar-refractivity contribution is 0.586. The molecule has 22 heavy (non-hydrogen) atoms. The lowest BCUT2D eigenvalue weighted by Gasteiger charge is -2.09. The molecule has 114 valence electrons. The van der Waals surface area contributed by atoms with Crippen molar-refractivity contribution in [1.82, 2.24) is 25.2 Å². The number of anilines is 1. The second kappa shape index (κ2) is 6.65. The molecule has 1 atom stereocenters. The summed E-state index contributed by atoms with van der Waals surface area (Å²) in [7, 11) is 0. The molecule has 0 aliphatic rings. The van der Waals surface area contributed by atoms with Gasteiger partial charge < -0.3 is 5.73 Å². The number of benzene rings is 1. The lowest BCUT2D eigenvalue weighted by Crippen LogP contribution is -2.02. The highest BCUT2D eigenvalue weighted by Gasteiger charge is 2.10. The van der Waals surface area contributed by atoms with Crippen LogP contribution in [0.4, 0.5) is 5.13 Å². The van der Waals surface area contributed by atoms with E-state index in [1.807, 2.05) is 16.9 Å². The van der Waals surface area contributed by atoms with Gasteiger partial charge in [-0.1, -0.05) is 53.8 Å². The van der Waals surface area contributed by atoms with Crippen molar-refractivity contribution in [3.63, 3.8) is 0 Å². The van der Waals surface area contributed by atoms with Crippen molar-refractivity contribution in [3.8, 4) is 0 Å². The molecule has 7 heteroatoms. The van der Waals surface area contributed by atoms with Gasteiger partial charge in [-0.15, -0.1) is 15.3 Å². The Morgan fingerprint density at radius 3 is 2.73 bits per heavy atom. The highest BCUT2D eigenvalue weighted by atomic mass is 32.1. The number of aryl methyl sites for hydroxylation is 2. The van der Waals surface area contributed by atoms with Crippen LogP contribution in [0.5, 0.6) is 0 Å². The first kappa shape index (κ1) is 14.6. The van der Waals surface area contributed by atoms with E-state index in [1.165, 1.54) is 16.9 Å². The molecule has 3 aromatic rings. The van der Waals surface area contributed by atoms with Crippen LogP contribution in [-0.4, -0.2) is 25.2 Å². The Morgan fingerprint density at radius 1 is 1.18 bits per heavy atom. The third kappa shape index (κ3) is 3.67. The maximum absolute atomic E-state index is 5.57. The van der Waals surface area contributed by atoms with E-state index in [2.05, 4.69) is 51.7 Å². The van der Waals surface area contributed by atoms with Gasteiger partial charge in [0.25, 0.3) is 0 Å². The van der Waals surface area contributed by atoms with Crippen LogP contribution in [0.3, 0.4) is 0 Å². The first-order valence-corrected chi connectivity index (χ1v) is 8.04. The number of aromatic nitrogens is 5. The molecule has 0 unspecified atom stereocenters. The zero-order valence-corrected chi connectivity index (χ0v) is 13.2. The Balaban J connectivity index is 1.57. The van der Waals surface area contributed by atoms with E-state index < -0.39 is 0 Å². The maximum Gasteiger partial charge on any atom is 0.203 e. The van der Waals surface area contributed by atoms with Gasteiger partial charge in [-0.25, -0.2) is 0 Å². The average molecular weight is 314 g/mol. The molecule has 0 spiro atoms. The van der Waals surface area contributed by atoms with E-state index >= 15 is 0 Å². The summed E-state index contributed by atoms with van der Waals surface area (Å²) in [5.74, 6) is 0.425. The molecule has 0 amide bonds. The van der Waals surface area contributed by atoms with Gasteiger partial charge in [0.05, 0.1) is 5.69 Å². The van der Waals surface area contributed by atoms with Crippen molar-refractivity contribution in [2.75, 3.05) is 5.73 Å². The lowest BCUT2D eigenvalue weighted by atomic mass is 9.97. The monoisotopic (exact) mass is 314 g/mol. The smallest absolute Gasteiger partial charge is 0.203 e. The van der Waals surface area contributed by atoms with Crippen molar-refractivity contribution in [3.05, 3.63) is 52.8 Å². The minimum atomic E-state index is 0.425. The van der Waals surface area contributed by atoms with Gasteiger partial charge in [0.15, 0.2) is 0 Å². The number of rotatable bonds is 6. The second-order valence-corrected chi connectivity index (χ2v) is 6.37. The van der Waals surface area contributed by atoms with Crippen LogP contribution >= 0.6 is 11.3 Å².